The number of nitrogens with two attached hydrogens (primary N) is 1. The van der Waals surface area contributed by atoms with Gasteiger partial charge < -0.3 is 16.2 Å². The van der Waals surface area contributed by atoms with Crippen LogP contribution >= 0.6 is 12.4 Å². The number of alkyl halides is 2. The second-order valence-electron chi connectivity index (χ2n) is 4.50. The largest absolute Gasteiger partial charge is 0.382 e. The summed E-state index contributed by atoms with van der Waals surface area (Å²) >= 11 is 0. The van der Waals surface area contributed by atoms with Gasteiger partial charge in [0, 0.05) is 18.5 Å². The first-order valence-electron chi connectivity index (χ1n) is 5.41. The van der Waals surface area contributed by atoms with E-state index in [1.54, 1.807) is 0 Å². The SMILES string of the molecule is CC(F)(F)CCC(N)C(O)C(=O)NC1CC1.Cl. The number of aliphatic hydroxyl groups excluding tert-OH is 1. The van der Waals surface area contributed by atoms with Gasteiger partial charge in [-0.1, -0.05) is 0 Å². The summed E-state index contributed by atoms with van der Waals surface area (Å²) in [6.45, 7) is 0.788. The minimum absolute atomic E-state index is 0. The maximum atomic E-state index is 12.5. The molecule has 2 unspecified atom stereocenters. The van der Waals surface area contributed by atoms with Crippen molar-refractivity contribution in [2.75, 3.05) is 0 Å². The van der Waals surface area contributed by atoms with Crippen molar-refractivity contribution in [2.45, 2.75) is 56.7 Å². The molecule has 1 aliphatic rings. The van der Waals surface area contributed by atoms with Crippen LogP contribution in [0.3, 0.4) is 0 Å². The molecule has 0 aromatic carbocycles. The predicted octanol–water partition coefficient (Wildman–Crippen LogP) is 0.810. The van der Waals surface area contributed by atoms with Gasteiger partial charge in [-0.05, 0) is 26.2 Å². The molecule has 0 saturated heterocycles. The quantitative estimate of drug-likeness (QED) is 0.670. The molecule has 102 valence electrons. The lowest BCUT2D eigenvalue weighted by Crippen LogP contribution is -2.47. The smallest absolute Gasteiger partial charge is 0.250 e. The summed E-state index contributed by atoms with van der Waals surface area (Å²) in [6, 6.07) is -0.813. The highest BCUT2D eigenvalue weighted by molar-refractivity contribution is 5.85. The molecular weight excluding hydrogens is 254 g/mol. The number of aliphatic hydroxyl groups is 1. The number of rotatable bonds is 6. The van der Waals surface area contributed by atoms with E-state index in [4.69, 9.17) is 5.73 Å². The molecule has 4 nitrogen and oxygen atoms in total. The minimum atomic E-state index is -2.82. The van der Waals surface area contributed by atoms with Crippen molar-refractivity contribution >= 4 is 18.3 Å². The molecule has 0 bridgehead atoms. The number of hydrogen-bond acceptors (Lipinski definition) is 3. The van der Waals surface area contributed by atoms with Crippen LogP contribution in [0.15, 0.2) is 0 Å². The normalized spacial score (nSPS) is 19.1. The molecule has 0 radical (unpaired) electrons. The third-order valence-electron chi connectivity index (χ3n) is 2.51. The molecule has 4 N–H and O–H groups in total. The molecule has 2 atom stereocenters. The Kier molecular flexibility index (Phi) is 6.29. The van der Waals surface area contributed by atoms with Gasteiger partial charge >= 0.3 is 0 Å². The van der Waals surface area contributed by atoms with Crippen LogP contribution in [0.5, 0.6) is 0 Å². The summed E-state index contributed by atoms with van der Waals surface area (Å²) in [6.07, 6.45) is -0.102. The zero-order chi connectivity index (χ0) is 12.3. The number of hydrogen-bond donors (Lipinski definition) is 3. The Labute approximate surface area is 105 Å². The molecule has 1 aliphatic carbocycles. The van der Waals surface area contributed by atoms with Crippen molar-refractivity contribution in [3.8, 4) is 0 Å². The topological polar surface area (TPSA) is 75.3 Å². The van der Waals surface area contributed by atoms with Gasteiger partial charge in [0.2, 0.25) is 5.92 Å². The van der Waals surface area contributed by atoms with Crippen molar-refractivity contribution in [3.63, 3.8) is 0 Å². The first-order chi connectivity index (χ1) is 7.29. The van der Waals surface area contributed by atoms with E-state index in [2.05, 4.69) is 5.32 Å². The maximum Gasteiger partial charge on any atom is 0.250 e. The molecule has 7 heteroatoms. The minimum Gasteiger partial charge on any atom is -0.382 e. The highest BCUT2D eigenvalue weighted by Gasteiger charge is 2.31. The van der Waals surface area contributed by atoms with E-state index in [0.29, 0.717) is 0 Å². The lowest BCUT2D eigenvalue weighted by atomic mass is 10.0. The van der Waals surface area contributed by atoms with Crippen LogP contribution in [0.2, 0.25) is 0 Å². The van der Waals surface area contributed by atoms with Gasteiger partial charge in [0.05, 0.1) is 0 Å². The number of halogens is 3. The third-order valence-corrected chi connectivity index (χ3v) is 2.51. The maximum absolute atomic E-state index is 12.5. The van der Waals surface area contributed by atoms with Gasteiger partial charge in [0.25, 0.3) is 5.91 Å². The summed E-state index contributed by atoms with van der Waals surface area (Å²) in [7, 11) is 0. The van der Waals surface area contributed by atoms with E-state index in [-0.39, 0.29) is 24.9 Å². The fraction of sp³-hybridized carbons (Fsp3) is 0.900. The van der Waals surface area contributed by atoms with Crippen LogP contribution in [0, 0.1) is 0 Å². The first kappa shape index (κ1) is 16.5. The lowest BCUT2D eigenvalue weighted by Gasteiger charge is -2.19. The van der Waals surface area contributed by atoms with E-state index < -0.39 is 30.4 Å². The van der Waals surface area contributed by atoms with E-state index in [0.717, 1.165) is 19.8 Å². The van der Waals surface area contributed by atoms with E-state index in [1.165, 1.54) is 0 Å². The lowest BCUT2D eigenvalue weighted by molar-refractivity contribution is -0.130. The Hall–Kier alpha value is -0.460. The molecule has 0 aliphatic heterocycles. The van der Waals surface area contributed by atoms with Crippen molar-refractivity contribution in [1.29, 1.82) is 0 Å². The van der Waals surface area contributed by atoms with Crippen LogP contribution in [-0.4, -0.2) is 35.1 Å². The first-order valence-corrected chi connectivity index (χ1v) is 5.41. The molecule has 0 heterocycles. The molecule has 1 fully saturated rings. The highest BCUT2D eigenvalue weighted by Crippen LogP contribution is 2.21. The Balaban J connectivity index is 0.00000256. The third kappa shape index (κ3) is 6.75. The van der Waals surface area contributed by atoms with Crippen LogP contribution < -0.4 is 11.1 Å². The fourth-order valence-corrected chi connectivity index (χ4v) is 1.29. The molecule has 1 amide bonds. The number of nitrogens with one attached hydrogen (secondary N) is 1. The number of carbonyl (C=O) groups is 1. The van der Waals surface area contributed by atoms with Crippen molar-refractivity contribution in [1.82, 2.24) is 5.32 Å². The van der Waals surface area contributed by atoms with Crippen LogP contribution in [0.1, 0.15) is 32.6 Å². The Bertz CT molecular complexity index is 257. The van der Waals surface area contributed by atoms with Gasteiger partial charge in [-0.25, -0.2) is 8.78 Å². The molecule has 1 saturated carbocycles. The van der Waals surface area contributed by atoms with Crippen molar-refractivity contribution in [2.24, 2.45) is 5.73 Å². The standard InChI is InChI=1S/C10H18F2N2O2.ClH/c1-10(11,12)5-4-7(13)8(15)9(16)14-6-2-3-6;/h6-8,15H,2-5,13H2,1H3,(H,14,16);1H. The zero-order valence-corrected chi connectivity index (χ0v) is 10.5. The summed E-state index contributed by atoms with van der Waals surface area (Å²) < 4.78 is 25.1. The zero-order valence-electron chi connectivity index (χ0n) is 9.66. The molecule has 0 spiro atoms. The summed E-state index contributed by atoms with van der Waals surface area (Å²) in [5.41, 5.74) is 5.48. The van der Waals surface area contributed by atoms with E-state index in [1.807, 2.05) is 0 Å². The second kappa shape index (κ2) is 6.47. The number of amides is 1. The van der Waals surface area contributed by atoms with Crippen molar-refractivity contribution in [3.05, 3.63) is 0 Å². The van der Waals surface area contributed by atoms with Crippen LogP contribution in [0.25, 0.3) is 0 Å². The van der Waals surface area contributed by atoms with E-state index >= 15 is 0 Å². The van der Waals surface area contributed by atoms with Gasteiger partial charge in [-0.15, -0.1) is 12.4 Å². The average molecular weight is 273 g/mol. The van der Waals surface area contributed by atoms with Gasteiger partial charge in [-0.2, -0.15) is 0 Å². The van der Waals surface area contributed by atoms with Gasteiger partial charge in [0.15, 0.2) is 0 Å². The molecule has 17 heavy (non-hydrogen) atoms. The summed E-state index contributed by atoms with van der Waals surface area (Å²) in [5.74, 6) is -3.38. The van der Waals surface area contributed by atoms with E-state index in [9.17, 15) is 18.7 Å². The fourth-order valence-electron chi connectivity index (χ4n) is 1.29. The Morgan fingerprint density at radius 1 is 1.59 bits per heavy atom. The number of carbonyl (C=O) groups excluding carboxylic acids is 1. The second-order valence-corrected chi connectivity index (χ2v) is 4.50. The van der Waals surface area contributed by atoms with Gasteiger partial charge in [0.1, 0.15) is 6.10 Å². The monoisotopic (exact) mass is 272 g/mol. The van der Waals surface area contributed by atoms with Crippen molar-refractivity contribution < 1.29 is 18.7 Å². The molecule has 0 aromatic heterocycles. The molecule has 0 aromatic rings. The molecule has 1 rings (SSSR count). The Morgan fingerprint density at radius 3 is 2.53 bits per heavy atom. The average Bonchev–Trinajstić information content (AvgIpc) is 2.95. The Morgan fingerprint density at radius 2 is 2.12 bits per heavy atom. The summed E-state index contributed by atoms with van der Waals surface area (Å²) in [5, 5.41) is 12.1. The predicted molar refractivity (Wildman–Crippen MR) is 62.2 cm³/mol. The van der Waals surface area contributed by atoms with Crippen LogP contribution in [0.4, 0.5) is 8.78 Å². The van der Waals surface area contributed by atoms with Gasteiger partial charge in [-0.3, -0.25) is 4.79 Å². The highest BCUT2D eigenvalue weighted by atomic mass is 35.5. The summed E-state index contributed by atoms with van der Waals surface area (Å²) in [4.78, 5) is 11.3. The van der Waals surface area contributed by atoms with Crippen LogP contribution in [-0.2, 0) is 4.79 Å². The molecular formula is C10H19ClF2N2O2.